The van der Waals surface area contributed by atoms with E-state index in [1.807, 2.05) is 19.1 Å². The number of hydrogen-bond acceptors (Lipinski definition) is 5. The average Bonchev–Trinajstić information content (AvgIpc) is 3.20. The maximum atomic E-state index is 12.8. The van der Waals surface area contributed by atoms with Gasteiger partial charge in [0.15, 0.2) is 11.5 Å². The molecule has 1 N–H and O–H groups in total. The number of nitrogens with zero attached hydrogens (tertiary/aromatic N) is 2. The van der Waals surface area contributed by atoms with Crippen molar-refractivity contribution in [2.75, 3.05) is 6.79 Å². The zero-order valence-corrected chi connectivity index (χ0v) is 16.0. The van der Waals surface area contributed by atoms with Crippen LogP contribution in [0.15, 0.2) is 52.1 Å². The summed E-state index contributed by atoms with van der Waals surface area (Å²) >= 11 is 0. The molecule has 3 aromatic rings. The van der Waals surface area contributed by atoms with Gasteiger partial charge in [-0.1, -0.05) is 25.1 Å². The first kappa shape index (κ1) is 18.8. The van der Waals surface area contributed by atoms with Crippen molar-refractivity contribution in [2.24, 2.45) is 0 Å². The molecule has 1 amide bonds. The van der Waals surface area contributed by atoms with E-state index in [0.717, 1.165) is 5.56 Å². The van der Waals surface area contributed by atoms with E-state index in [-0.39, 0.29) is 31.3 Å². The van der Waals surface area contributed by atoms with Gasteiger partial charge in [0.2, 0.25) is 12.7 Å². The van der Waals surface area contributed by atoms with E-state index in [2.05, 4.69) is 5.32 Å². The summed E-state index contributed by atoms with van der Waals surface area (Å²) in [5.74, 6) is 0.999. The first-order valence-electron chi connectivity index (χ1n) is 9.46. The molecule has 150 valence electrons. The van der Waals surface area contributed by atoms with Gasteiger partial charge in [0.05, 0.1) is 10.9 Å². The van der Waals surface area contributed by atoms with Crippen molar-refractivity contribution in [1.82, 2.24) is 14.5 Å². The second-order valence-electron chi connectivity index (χ2n) is 6.81. The quantitative estimate of drug-likeness (QED) is 0.685. The monoisotopic (exact) mass is 395 g/mol. The third kappa shape index (κ3) is 3.61. The van der Waals surface area contributed by atoms with Gasteiger partial charge in [0, 0.05) is 13.1 Å². The van der Waals surface area contributed by atoms with E-state index in [0.29, 0.717) is 35.4 Å². The molecule has 0 saturated heterocycles. The van der Waals surface area contributed by atoms with Crippen molar-refractivity contribution < 1.29 is 14.3 Å². The standard InChI is InChI=1S/C21H21N3O5/c1-2-9-23-20(26)15-5-3-4-6-16(15)24(21(23)27)12-19(25)22-11-14-7-8-17-18(10-14)29-13-28-17/h3-8,10H,2,9,11-13H2,1H3,(H,22,25). The lowest BCUT2D eigenvalue weighted by molar-refractivity contribution is -0.121. The van der Waals surface area contributed by atoms with E-state index in [4.69, 9.17) is 9.47 Å². The molecule has 0 saturated carbocycles. The number of aromatic nitrogens is 2. The fourth-order valence-electron chi connectivity index (χ4n) is 3.40. The zero-order chi connectivity index (χ0) is 20.4. The van der Waals surface area contributed by atoms with E-state index in [1.54, 1.807) is 30.3 Å². The first-order valence-corrected chi connectivity index (χ1v) is 9.46. The number of amides is 1. The minimum atomic E-state index is -0.478. The number of para-hydroxylation sites is 1. The van der Waals surface area contributed by atoms with Crippen molar-refractivity contribution in [3.05, 3.63) is 68.9 Å². The Hall–Kier alpha value is -3.55. The smallest absolute Gasteiger partial charge is 0.331 e. The summed E-state index contributed by atoms with van der Waals surface area (Å²) in [6.07, 6.45) is 0.643. The Bertz CT molecular complexity index is 1200. The molecule has 1 aromatic heterocycles. The molecule has 2 heterocycles. The normalized spacial score (nSPS) is 12.3. The molecule has 0 aliphatic carbocycles. The molecular formula is C21H21N3O5. The largest absolute Gasteiger partial charge is 0.454 e. The van der Waals surface area contributed by atoms with E-state index in [9.17, 15) is 14.4 Å². The van der Waals surface area contributed by atoms with Gasteiger partial charge < -0.3 is 14.8 Å². The Balaban J connectivity index is 1.58. The summed E-state index contributed by atoms with van der Waals surface area (Å²) in [5.41, 5.74) is 0.502. The van der Waals surface area contributed by atoms with Gasteiger partial charge in [-0.05, 0) is 36.2 Å². The molecule has 8 nitrogen and oxygen atoms in total. The summed E-state index contributed by atoms with van der Waals surface area (Å²) in [6, 6.07) is 12.3. The van der Waals surface area contributed by atoms with Crippen molar-refractivity contribution in [2.45, 2.75) is 33.0 Å². The lowest BCUT2D eigenvalue weighted by Crippen LogP contribution is -2.42. The molecule has 0 spiro atoms. The molecule has 0 unspecified atom stereocenters. The van der Waals surface area contributed by atoms with Gasteiger partial charge in [-0.25, -0.2) is 4.79 Å². The highest BCUT2D eigenvalue weighted by Crippen LogP contribution is 2.32. The molecule has 1 aliphatic heterocycles. The van der Waals surface area contributed by atoms with Gasteiger partial charge in [-0.15, -0.1) is 0 Å². The van der Waals surface area contributed by atoms with Crippen LogP contribution in [0.2, 0.25) is 0 Å². The van der Waals surface area contributed by atoms with Crippen molar-refractivity contribution in [3.8, 4) is 11.5 Å². The van der Waals surface area contributed by atoms with E-state index >= 15 is 0 Å². The van der Waals surface area contributed by atoms with Crippen LogP contribution < -0.4 is 26.0 Å². The molecule has 0 bridgehead atoms. The van der Waals surface area contributed by atoms with Crippen molar-refractivity contribution >= 4 is 16.8 Å². The Morgan fingerprint density at radius 1 is 1.07 bits per heavy atom. The third-order valence-corrected chi connectivity index (χ3v) is 4.81. The molecule has 0 fully saturated rings. The summed E-state index contributed by atoms with van der Waals surface area (Å²) in [4.78, 5) is 38.0. The van der Waals surface area contributed by atoms with E-state index < -0.39 is 5.69 Å². The van der Waals surface area contributed by atoms with Crippen LogP contribution in [0.25, 0.3) is 10.9 Å². The van der Waals surface area contributed by atoms with E-state index in [1.165, 1.54) is 9.13 Å². The Kier molecular flexibility index (Phi) is 5.07. The number of carbonyl (C=O) groups excluding carboxylic acids is 1. The average molecular weight is 395 g/mol. The molecule has 8 heteroatoms. The number of hydrogen-bond donors (Lipinski definition) is 1. The Labute approximate surface area is 166 Å². The predicted molar refractivity (Wildman–Crippen MR) is 107 cm³/mol. The lowest BCUT2D eigenvalue weighted by atomic mass is 10.2. The van der Waals surface area contributed by atoms with Crippen LogP contribution in [0.1, 0.15) is 18.9 Å². The second kappa shape index (κ2) is 7.83. The highest BCUT2D eigenvalue weighted by Gasteiger charge is 2.16. The molecule has 29 heavy (non-hydrogen) atoms. The Morgan fingerprint density at radius 2 is 1.86 bits per heavy atom. The molecule has 0 atom stereocenters. The molecule has 1 aliphatic rings. The van der Waals surface area contributed by atoms with Gasteiger partial charge in [-0.3, -0.25) is 18.7 Å². The second-order valence-corrected chi connectivity index (χ2v) is 6.81. The van der Waals surface area contributed by atoms with Crippen LogP contribution in [0.4, 0.5) is 0 Å². The van der Waals surface area contributed by atoms with Gasteiger partial charge in [0.25, 0.3) is 5.56 Å². The predicted octanol–water partition coefficient (Wildman–Crippen LogP) is 1.62. The summed E-state index contributed by atoms with van der Waals surface area (Å²) < 4.78 is 13.2. The van der Waals surface area contributed by atoms with Crippen molar-refractivity contribution in [1.29, 1.82) is 0 Å². The highest BCUT2D eigenvalue weighted by molar-refractivity contribution is 5.81. The molecule has 0 radical (unpaired) electrons. The fourth-order valence-corrected chi connectivity index (χ4v) is 3.40. The van der Waals surface area contributed by atoms with Crippen LogP contribution in [0, 0.1) is 0 Å². The van der Waals surface area contributed by atoms with Crippen LogP contribution in [0.5, 0.6) is 11.5 Å². The number of rotatable bonds is 6. The summed E-state index contributed by atoms with van der Waals surface area (Å²) in [5, 5.41) is 3.23. The summed E-state index contributed by atoms with van der Waals surface area (Å²) in [6.45, 7) is 2.50. The number of fused-ring (bicyclic) bond motifs is 2. The first-order chi connectivity index (χ1) is 14.1. The maximum absolute atomic E-state index is 12.8. The highest BCUT2D eigenvalue weighted by atomic mass is 16.7. The molecule has 4 rings (SSSR count). The minimum Gasteiger partial charge on any atom is -0.454 e. The maximum Gasteiger partial charge on any atom is 0.331 e. The van der Waals surface area contributed by atoms with Crippen LogP contribution >= 0.6 is 0 Å². The molecule has 2 aromatic carbocycles. The SMILES string of the molecule is CCCn1c(=O)c2ccccc2n(CC(=O)NCc2ccc3c(c2)OCO3)c1=O. The van der Waals surface area contributed by atoms with Gasteiger partial charge >= 0.3 is 5.69 Å². The number of carbonyl (C=O) groups is 1. The Morgan fingerprint density at radius 3 is 2.69 bits per heavy atom. The van der Waals surface area contributed by atoms with Crippen LogP contribution in [-0.2, 0) is 24.4 Å². The minimum absolute atomic E-state index is 0.173. The lowest BCUT2D eigenvalue weighted by Gasteiger charge is -2.14. The topological polar surface area (TPSA) is 91.6 Å². The van der Waals surface area contributed by atoms with Crippen LogP contribution in [0.3, 0.4) is 0 Å². The van der Waals surface area contributed by atoms with Gasteiger partial charge in [0.1, 0.15) is 6.54 Å². The van der Waals surface area contributed by atoms with Crippen molar-refractivity contribution in [3.63, 3.8) is 0 Å². The zero-order valence-electron chi connectivity index (χ0n) is 16.0. The number of benzene rings is 2. The van der Waals surface area contributed by atoms with Gasteiger partial charge in [-0.2, -0.15) is 0 Å². The summed E-state index contributed by atoms with van der Waals surface area (Å²) in [7, 11) is 0. The fraction of sp³-hybridized carbons (Fsp3) is 0.286. The van der Waals surface area contributed by atoms with Crippen LogP contribution in [-0.4, -0.2) is 21.8 Å². The third-order valence-electron chi connectivity index (χ3n) is 4.81. The number of nitrogens with one attached hydrogen (secondary N) is 1. The molecular weight excluding hydrogens is 374 g/mol. The number of ether oxygens (including phenoxy) is 2.